The summed E-state index contributed by atoms with van der Waals surface area (Å²) in [6.07, 6.45) is 2.54. The average Bonchev–Trinajstić information content (AvgIpc) is 2.34. The van der Waals surface area contributed by atoms with Gasteiger partial charge in [0, 0.05) is 6.42 Å². The second-order valence-corrected chi connectivity index (χ2v) is 4.00. The predicted molar refractivity (Wildman–Crippen MR) is 69.0 cm³/mol. The minimum absolute atomic E-state index is 0.510. The minimum atomic E-state index is 0.510. The van der Waals surface area contributed by atoms with Gasteiger partial charge < -0.3 is 10.5 Å². The van der Waals surface area contributed by atoms with Crippen molar-refractivity contribution in [2.24, 2.45) is 0 Å². The first-order valence-corrected chi connectivity index (χ1v) is 5.64. The zero-order valence-corrected chi connectivity index (χ0v) is 9.89. The smallest absolute Gasteiger partial charge is 0.137 e. The van der Waals surface area contributed by atoms with Gasteiger partial charge in [0.2, 0.25) is 0 Å². The summed E-state index contributed by atoms with van der Waals surface area (Å²) < 4.78 is 5.58. The van der Waals surface area contributed by atoms with Crippen molar-refractivity contribution in [3.05, 3.63) is 53.7 Å². The number of hydrogen-bond acceptors (Lipinski definition) is 3. The standard InChI is InChI=1S/C14H16N2O/c1-11-2-4-12(5-3-11)8-9-17-13-6-7-14(15)16-10-13/h2-7,10H,8-9H2,1H3,(H2,15,16). The van der Waals surface area contributed by atoms with Gasteiger partial charge in [-0.05, 0) is 24.6 Å². The van der Waals surface area contributed by atoms with Crippen LogP contribution in [0.3, 0.4) is 0 Å². The number of hydrogen-bond donors (Lipinski definition) is 1. The van der Waals surface area contributed by atoms with Crippen LogP contribution >= 0.6 is 0 Å². The number of benzene rings is 1. The Morgan fingerprint density at radius 1 is 1.12 bits per heavy atom. The van der Waals surface area contributed by atoms with Crippen molar-refractivity contribution in [2.75, 3.05) is 12.3 Å². The second-order valence-electron chi connectivity index (χ2n) is 4.00. The SMILES string of the molecule is Cc1ccc(CCOc2ccc(N)nc2)cc1. The summed E-state index contributed by atoms with van der Waals surface area (Å²) in [6.45, 7) is 2.73. The molecule has 0 aliphatic rings. The number of nitrogens with zero attached hydrogens (tertiary/aromatic N) is 1. The number of aromatic nitrogens is 1. The molecule has 3 nitrogen and oxygen atoms in total. The van der Waals surface area contributed by atoms with Gasteiger partial charge in [-0.1, -0.05) is 29.8 Å². The summed E-state index contributed by atoms with van der Waals surface area (Å²) in [5.74, 6) is 1.27. The van der Waals surface area contributed by atoms with Gasteiger partial charge >= 0.3 is 0 Å². The lowest BCUT2D eigenvalue weighted by Gasteiger charge is -2.06. The molecule has 1 aromatic heterocycles. The molecule has 1 heterocycles. The van der Waals surface area contributed by atoms with Crippen molar-refractivity contribution in [1.82, 2.24) is 4.98 Å². The third-order valence-corrected chi connectivity index (χ3v) is 2.54. The van der Waals surface area contributed by atoms with Crippen LogP contribution < -0.4 is 10.5 Å². The Morgan fingerprint density at radius 2 is 1.88 bits per heavy atom. The Labute approximate surface area is 101 Å². The molecule has 0 radical (unpaired) electrons. The second kappa shape index (κ2) is 5.34. The monoisotopic (exact) mass is 228 g/mol. The van der Waals surface area contributed by atoms with Crippen LogP contribution in [-0.4, -0.2) is 11.6 Å². The highest BCUT2D eigenvalue weighted by molar-refractivity contribution is 5.32. The van der Waals surface area contributed by atoms with Crippen molar-refractivity contribution < 1.29 is 4.74 Å². The normalized spacial score (nSPS) is 10.2. The first-order valence-electron chi connectivity index (χ1n) is 5.64. The van der Waals surface area contributed by atoms with E-state index in [1.165, 1.54) is 11.1 Å². The number of nitrogens with two attached hydrogens (primary N) is 1. The largest absolute Gasteiger partial charge is 0.492 e. The molecule has 2 N–H and O–H groups in total. The van der Waals surface area contributed by atoms with E-state index >= 15 is 0 Å². The Morgan fingerprint density at radius 3 is 2.53 bits per heavy atom. The van der Waals surface area contributed by atoms with Crippen LogP contribution in [0.2, 0.25) is 0 Å². The molecule has 3 heteroatoms. The van der Waals surface area contributed by atoms with E-state index in [-0.39, 0.29) is 0 Å². The maximum atomic E-state index is 5.58. The van der Waals surface area contributed by atoms with E-state index in [9.17, 15) is 0 Å². The average molecular weight is 228 g/mol. The summed E-state index contributed by atoms with van der Waals surface area (Å²) in [5, 5.41) is 0. The molecule has 2 rings (SSSR count). The molecule has 88 valence electrons. The fourth-order valence-electron chi connectivity index (χ4n) is 1.52. The van der Waals surface area contributed by atoms with Crippen LogP contribution in [0.4, 0.5) is 5.82 Å². The van der Waals surface area contributed by atoms with Gasteiger partial charge in [-0.2, -0.15) is 0 Å². The van der Waals surface area contributed by atoms with Crippen molar-refractivity contribution in [2.45, 2.75) is 13.3 Å². The number of pyridine rings is 1. The van der Waals surface area contributed by atoms with Crippen molar-refractivity contribution in [3.8, 4) is 5.75 Å². The lowest BCUT2D eigenvalue weighted by molar-refractivity contribution is 0.321. The molecule has 0 bridgehead atoms. The molecule has 0 spiro atoms. The van der Waals surface area contributed by atoms with Crippen LogP contribution in [0.15, 0.2) is 42.6 Å². The quantitative estimate of drug-likeness (QED) is 0.875. The van der Waals surface area contributed by atoms with Gasteiger partial charge in [0.1, 0.15) is 11.6 Å². The third-order valence-electron chi connectivity index (χ3n) is 2.54. The Hall–Kier alpha value is -2.03. The van der Waals surface area contributed by atoms with Gasteiger partial charge in [-0.15, -0.1) is 0 Å². The van der Waals surface area contributed by atoms with Gasteiger partial charge in [0.25, 0.3) is 0 Å². The molecule has 0 saturated carbocycles. The van der Waals surface area contributed by atoms with Crippen molar-refractivity contribution >= 4 is 5.82 Å². The zero-order valence-electron chi connectivity index (χ0n) is 9.89. The van der Waals surface area contributed by atoms with Gasteiger partial charge in [0.05, 0.1) is 12.8 Å². The number of aryl methyl sites for hydroxylation is 1. The summed E-state index contributed by atoms with van der Waals surface area (Å²) >= 11 is 0. The molecular formula is C14H16N2O. The highest BCUT2D eigenvalue weighted by Crippen LogP contribution is 2.11. The first kappa shape index (κ1) is 11.5. The first-order chi connectivity index (χ1) is 8.24. The van der Waals surface area contributed by atoms with Gasteiger partial charge in [0.15, 0.2) is 0 Å². The number of anilines is 1. The summed E-state index contributed by atoms with van der Waals surface area (Å²) in [4.78, 5) is 3.97. The summed E-state index contributed by atoms with van der Waals surface area (Å²) in [5.41, 5.74) is 8.05. The van der Waals surface area contributed by atoms with Crippen LogP contribution in [0.1, 0.15) is 11.1 Å². The van der Waals surface area contributed by atoms with E-state index in [1.807, 2.05) is 6.07 Å². The number of nitrogen functional groups attached to an aromatic ring is 1. The van der Waals surface area contributed by atoms with E-state index in [1.54, 1.807) is 12.3 Å². The van der Waals surface area contributed by atoms with Crippen LogP contribution in [-0.2, 0) is 6.42 Å². The lowest BCUT2D eigenvalue weighted by Crippen LogP contribution is -2.02. The van der Waals surface area contributed by atoms with Crippen LogP contribution in [0.5, 0.6) is 5.75 Å². The minimum Gasteiger partial charge on any atom is -0.492 e. The van der Waals surface area contributed by atoms with E-state index in [2.05, 4.69) is 36.2 Å². The molecule has 0 atom stereocenters. The molecule has 0 fully saturated rings. The molecule has 17 heavy (non-hydrogen) atoms. The van der Waals surface area contributed by atoms with Crippen molar-refractivity contribution in [3.63, 3.8) is 0 Å². The predicted octanol–water partition coefficient (Wildman–Crippen LogP) is 2.59. The van der Waals surface area contributed by atoms with Crippen LogP contribution in [0, 0.1) is 6.92 Å². The van der Waals surface area contributed by atoms with Crippen molar-refractivity contribution in [1.29, 1.82) is 0 Å². The molecule has 1 aromatic carbocycles. The Balaban J connectivity index is 1.83. The summed E-state index contributed by atoms with van der Waals surface area (Å²) in [6, 6.07) is 12.0. The Kier molecular flexibility index (Phi) is 3.60. The summed E-state index contributed by atoms with van der Waals surface area (Å²) in [7, 11) is 0. The van der Waals surface area contributed by atoms with Gasteiger partial charge in [-0.3, -0.25) is 0 Å². The number of ether oxygens (including phenoxy) is 1. The molecular weight excluding hydrogens is 212 g/mol. The number of rotatable bonds is 4. The third kappa shape index (κ3) is 3.48. The Bertz CT molecular complexity index is 417. The highest BCUT2D eigenvalue weighted by atomic mass is 16.5. The van der Waals surface area contributed by atoms with E-state index < -0.39 is 0 Å². The van der Waals surface area contributed by atoms with Crippen LogP contribution in [0.25, 0.3) is 0 Å². The van der Waals surface area contributed by atoms with E-state index in [0.29, 0.717) is 12.4 Å². The molecule has 0 saturated heterocycles. The maximum absolute atomic E-state index is 5.58. The maximum Gasteiger partial charge on any atom is 0.137 e. The molecule has 0 aliphatic carbocycles. The molecule has 2 aromatic rings. The fourth-order valence-corrected chi connectivity index (χ4v) is 1.52. The fraction of sp³-hybridized carbons (Fsp3) is 0.214. The zero-order chi connectivity index (χ0) is 12.1. The van der Waals surface area contributed by atoms with E-state index in [4.69, 9.17) is 10.5 Å². The molecule has 0 amide bonds. The van der Waals surface area contributed by atoms with Gasteiger partial charge in [-0.25, -0.2) is 4.98 Å². The lowest BCUT2D eigenvalue weighted by atomic mass is 10.1. The van der Waals surface area contributed by atoms with E-state index in [0.717, 1.165) is 12.2 Å². The topological polar surface area (TPSA) is 48.1 Å². The molecule has 0 unspecified atom stereocenters. The molecule has 0 aliphatic heterocycles. The highest BCUT2D eigenvalue weighted by Gasteiger charge is 1.96.